The Morgan fingerprint density at radius 3 is 2.39 bits per heavy atom. The van der Waals surface area contributed by atoms with Crippen LogP contribution in [0, 0.1) is 11.8 Å². The Kier molecular flexibility index (Phi) is 7.22. The van der Waals surface area contributed by atoms with Gasteiger partial charge in [0.1, 0.15) is 11.7 Å². The van der Waals surface area contributed by atoms with Gasteiger partial charge in [-0.25, -0.2) is 0 Å². The van der Waals surface area contributed by atoms with Crippen molar-refractivity contribution in [2.45, 2.75) is 38.7 Å². The van der Waals surface area contributed by atoms with Gasteiger partial charge in [-0.05, 0) is 39.0 Å². The monoisotopic (exact) mass is 456 g/mol. The van der Waals surface area contributed by atoms with E-state index in [-0.39, 0.29) is 19.6 Å². The highest BCUT2D eigenvalue weighted by Crippen LogP contribution is 2.49. The molecule has 1 saturated carbocycles. The number of carbonyl (C=O) groups is 3. The van der Waals surface area contributed by atoms with Crippen molar-refractivity contribution >= 4 is 33.7 Å². The quantitative estimate of drug-likeness (QED) is 0.518. The predicted octanol–water partition coefficient (Wildman–Crippen LogP) is 2.62. The Balaban J connectivity index is 2.73. The van der Waals surface area contributed by atoms with Gasteiger partial charge in [0.15, 0.2) is 5.78 Å². The van der Waals surface area contributed by atoms with Crippen molar-refractivity contribution in [2.75, 3.05) is 20.3 Å². The van der Waals surface area contributed by atoms with Crippen LogP contribution in [0.25, 0.3) is 0 Å². The summed E-state index contributed by atoms with van der Waals surface area (Å²) in [7, 11) is 1.45. The zero-order valence-corrected chi connectivity index (χ0v) is 17.9. The van der Waals surface area contributed by atoms with Gasteiger partial charge in [0.05, 0.1) is 31.8 Å². The Bertz CT molecular complexity index is 759. The van der Waals surface area contributed by atoms with Crippen LogP contribution in [0.1, 0.15) is 38.7 Å². The van der Waals surface area contributed by atoms with Crippen LogP contribution >= 0.6 is 15.9 Å². The molecule has 1 aromatic carbocycles. The minimum atomic E-state index is -1.69. The van der Waals surface area contributed by atoms with Crippen molar-refractivity contribution in [1.82, 2.24) is 0 Å². The standard InChI is InChI=1S/C20H25BrO7/c1-5-27-18(23)16-13(22)10-20(3,25)17(19(24)28-6-2)15(16)12-9-11(21)7-8-14(12)26-4/h7-9,15-17,25H,5-6,10H2,1-4H3/t15-,16+,17+,20-/m0/s1. The molecule has 0 aromatic heterocycles. The number of ketones is 1. The molecule has 0 unspecified atom stereocenters. The Morgan fingerprint density at radius 2 is 1.82 bits per heavy atom. The third-order valence-electron chi connectivity index (χ3n) is 4.90. The summed E-state index contributed by atoms with van der Waals surface area (Å²) in [4.78, 5) is 38.4. The molecule has 28 heavy (non-hydrogen) atoms. The largest absolute Gasteiger partial charge is 0.496 e. The first-order chi connectivity index (χ1) is 13.2. The highest BCUT2D eigenvalue weighted by atomic mass is 79.9. The fourth-order valence-corrected chi connectivity index (χ4v) is 4.20. The molecule has 1 aromatic rings. The molecular formula is C20H25BrO7. The molecule has 1 aliphatic carbocycles. The summed E-state index contributed by atoms with van der Waals surface area (Å²) in [6.07, 6.45) is -0.354. The van der Waals surface area contributed by atoms with E-state index in [1.54, 1.807) is 32.0 Å². The lowest BCUT2D eigenvalue weighted by Crippen LogP contribution is -2.55. The summed E-state index contributed by atoms with van der Waals surface area (Å²) in [5.41, 5.74) is -1.24. The molecule has 0 saturated heterocycles. The van der Waals surface area contributed by atoms with Crippen LogP contribution in [0.4, 0.5) is 0 Å². The van der Waals surface area contributed by atoms with E-state index in [2.05, 4.69) is 15.9 Å². The average molecular weight is 457 g/mol. The fraction of sp³-hybridized carbons (Fsp3) is 0.550. The van der Waals surface area contributed by atoms with E-state index in [0.29, 0.717) is 15.8 Å². The Morgan fingerprint density at radius 1 is 1.21 bits per heavy atom. The summed E-state index contributed by atoms with van der Waals surface area (Å²) in [6, 6.07) is 5.08. The third-order valence-corrected chi connectivity index (χ3v) is 5.39. The van der Waals surface area contributed by atoms with Crippen LogP contribution in [0.2, 0.25) is 0 Å². The fourth-order valence-electron chi connectivity index (χ4n) is 3.82. The van der Waals surface area contributed by atoms with Gasteiger partial charge in [-0.1, -0.05) is 15.9 Å². The van der Waals surface area contributed by atoms with Gasteiger partial charge in [0.25, 0.3) is 0 Å². The molecule has 4 atom stereocenters. The predicted molar refractivity (Wildman–Crippen MR) is 104 cm³/mol. The number of Topliss-reactive ketones (excluding diaryl/α,β-unsaturated/α-hetero) is 1. The lowest BCUT2D eigenvalue weighted by molar-refractivity contribution is -0.172. The van der Waals surface area contributed by atoms with Crippen LogP contribution < -0.4 is 4.74 Å². The first-order valence-electron chi connectivity index (χ1n) is 9.09. The molecule has 0 amide bonds. The minimum absolute atomic E-state index is 0.0887. The van der Waals surface area contributed by atoms with E-state index < -0.39 is 41.1 Å². The highest BCUT2D eigenvalue weighted by Gasteiger charge is 2.57. The molecule has 1 aliphatic rings. The molecule has 7 nitrogen and oxygen atoms in total. The molecule has 1 N–H and O–H groups in total. The zero-order chi connectivity index (χ0) is 21.1. The summed E-state index contributed by atoms with van der Waals surface area (Å²) in [5, 5.41) is 11.0. The van der Waals surface area contributed by atoms with Crippen LogP contribution in [0.5, 0.6) is 5.75 Å². The lowest BCUT2D eigenvalue weighted by Gasteiger charge is -2.43. The molecule has 0 spiro atoms. The van der Waals surface area contributed by atoms with Crippen molar-refractivity contribution in [3.63, 3.8) is 0 Å². The van der Waals surface area contributed by atoms with Gasteiger partial charge in [-0.2, -0.15) is 0 Å². The first-order valence-corrected chi connectivity index (χ1v) is 9.89. The Labute approximate surface area is 172 Å². The molecule has 2 rings (SSSR count). The van der Waals surface area contributed by atoms with Crippen molar-refractivity contribution < 1.29 is 33.7 Å². The SMILES string of the molecule is CCOC(=O)[C@@H]1C(=O)C[C@](C)(O)[C@@H](C(=O)OCC)[C@H]1c1cc(Br)ccc1OC. The average Bonchev–Trinajstić information content (AvgIpc) is 2.60. The number of ether oxygens (including phenoxy) is 3. The molecule has 0 radical (unpaired) electrons. The maximum Gasteiger partial charge on any atom is 0.317 e. The number of esters is 2. The number of rotatable bonds is 6. The molecule has 154 valence electrons. The van der Waals surface area contributed by atoms with Crippen molar-refractivity contribution in [3.8, 4) is 5.75 Å². The van der Waals surface area contributed by atoms with Crippen molar-refractivity contribution in [3.05, 3.63) is 28.2 Å². The highest BCUT2D eigenvalue weighted by molar-refractivity contribution is 9.10. The number of aliphatic hydroxyl groups is 1. The summed E-state index contributed by atoms with van der Waals surface area (Å²) in [6.45, 7) is 4.89. The first kappa shape index (κ1) is 22.4. The smallest absolute Gasteiger partial charge is 0.317 e. The van der Waals surface area contributed by atoms with Crippen LogP contribution in [0.3, 0.4) is 0 Å². The second kappa shape index (κ2) is 9.05. The summed E-state index contributed by atoms with van der Waals surface area (Å²) in [5.74, 6) is -4.91. The van der Waals surface area contributed by atoms with E-state index in [9.17, 15) is 19.5 Å². The molecular weight excluding hydrogens is 432 g/mol. The second-order valence-electron chi connectivity index (χ2n) is 6.87. The van der Waals surface area contributed by atoms with E-state index in [1.807, 2.05) is 0 Å². The van der Waals surface area contributed by atoms with Gasteiger partial charge >= 0.3 is 11.9 Å². The van der Waals surface area contributed by atoms with Crippen LogP contribution in [-0.4, -0.2) is 48.8 Å². The van der Waals surface area contributed by atoms with Gasteiger partial charge in [-0.3, -0.25) is 14.4 Å². The van der Waals surface area contributed by atoms with Gasteiger partial charge in [-0.15, -0.1) is 0 Å². The van der Waals surface area contributed by atoms with E-state index in [0.717, 1.165) is 0 Å². The number of hydrogen-bond donors (Lipinski definition) is 1. The number of carbonyl (C=O) groups excluding carboxylic acids is 3. The number of methoxy groups -OCH3 is 1. The molecule has 0 bridgehead atoms. The van der Waals surface area contributed by atoms with Crippen molar-refractivity contribution in [1.29, 1.82) is 0 Å². The normalized spacial score (nSPS) is 27.2. The summed E-state index contributed by atoms with van der Waals surface area (Å²) >= 11 is 3.38. The molecule has 0 aliphatic heterocycles. The van der Waals surface area contributed by atoms with Gasteiger partial charge in [0, 0.05) is 22.4 Å². The van der Waals surface area contributed by atoms with E-state index >= 15 is 0 Å². The van der Waals surface area contributed by atoms with Crippen molar-refractivity contribution in [2.24, 2.45) is 11.8 Å². The molecule has 8 heteroatoms. The number of hydrogen-bond acceptors (Lipinski definition) is 7. The van der Waals surface area contributed by atoms with E-state index in [1.165, 1.54) is 14.0 Å². The maximum absolute atomic E-state index is 12.9. The number of benzene rings is 1. The Hall–Kier alpha value is -1.93. The second-order valence-corrected chi connectivity index (χ2v) is 7.79. The van der Waals surface area contributed by atoms with Crippen LogP contribution in [-0.2, 0) is 23.9 Å². The molecule has 1 fully saturated rings. The van der Waals surface area contributed by atoms with Gasteiger partial charge < -0.3 is 19.3 Å². The third kappa shape index (κ3) is 4.38. The zero-order valence-electron chi connectivity index (χ0n) is 16.4. The summed E-state index contributed by atoms with van der Waals surface area (Å²) < 4.78 is 16.4. The van der Waals surface area contributed by atoms with Crippen LogP contribution in [0.15, 0.2) is 22.7 Å². The minimum Gasteiger partial charge on any atom is -0.496 e. The maximum atomic E-state index is 12.9. The molecule has 0 heterocycles. The number of halogens is 1. The van der Waals surface area contributed by atoms with Gasteiger partial charge in [0.2, 0.25) is 0 Å². The lowest BCUT2D eigenvalue weighted by atomic mass is 9.61. The topological polar surface area (TPSA) is 99.1 Å². The van der Waals surface area contributed by atoms with E-state index in [4.69, 9.17) is 14.2 Å².